The minimum atomic E-state index is 0.0385. The van der Waals surface area contributed by atoms with E-state index in [1.807, 2.05) is 24.3 Å². The molecule has 1 saturated carbocycles. The van der Waals surface area contributed by atoms with Crippen molar-refractivity contribution in [1.82, 2.24) is 10.3 Å². The number of hydrogen-bond donors (Lipinski definition) is 2. The van der Waals surface area contributed by atoms with Gasteiger partial charge in [0.05, 0.1) is 5.56 Å². The maximum Gasteiger partial charge on any atom is 0.253 e. The molecule has 2 N–H and O–H groups in total. The molecule has 2 unspecified atom stereocenters. The third kappa shape index (κ3) is 2.37. The van der Waals surface area contributed by atoms with Gasteiger partial charge in [0.15, 0.2) is 0 Å². The molecule has 0 spiro atoms. The molecule has 3 rings (SSSR count). The van der Waals surface area contributed by atoms with Crippen LogP contribution in [-0.4, -0.2) is 17.4 Å². The Bertz CT molecular complexity index is 587. The van der Waals surface area contributed by atoms with E-state index in [9.17, 15) is 4.79 Å². The topological polar surface area (TPSA) is 44.9 Å². The van der Waals surface area contributed by atoms with E-state index in [1.165, 1.54) is 19.3 Å². The summed E-state index contributed by atoms with van der Waals surface area (Å²) in [7, 11) is 0. The molecule has 100 valence electrons. The average molecular weight is 256 g/mol. The predicted octanol–water partition coefficient (Wildman–Crippen LogP) is 3.33. The molecule has 1 aliphatic rings. The number of rotatable bonds is 3. The summed E-state index contributed by atoms with van der Waals surface area (Å²) >= 11 is 0. The van der Waals surface area contributed by atoms with Crippen molar-refractivity contribution in [3.05, 3.63) is 36.0 Å². The summed E-state index contributed by atoms with van der Waals surface area (Å²) < 4.78 is 0. The number of carbonyl (C=O) groups is 1. The third-order valence-corrected chi connectivity index (χ3v) is 4.40. The zero-order valence-corrected chi connectivity index (χ0v) is 11.3. The summed E-state index contributed by atoms with van der Waals surface area (Å²) in [5, 5.41) is 4.09. The fourth-order valence-corrected chi connectivity index (χ4v) is 3.10. The van der Waals surface area contributed by atoms with Crippen molar-refractivity contribution in [3.63, 3.8) is 0 Å². The fraction of sp³-hybridized carbons (Fsp3) is 0.438. The lowest BCUT2D eigenvalue weighted by Crippen LogP contribution is -2.30. The van der Waals surface area contributed by atoms with E-state index in [-0.39, 0.29) is 5.91 Å². The van der Waals surface area contributed by atoms with Gasteiger partial charge in [-0.05, 0) is 24.3 Å². The monoisotopic (exact) mass is 256 g/mol. The lowest BCUT2D eigenvalue weighted by molar-refractivity contribution is 0.0946. The molecule has 1 aliphatic carbocycles. The van der Waals surface area contributed by atoms with Crippen LogP contribution in [0.1, 0.15) is 36.5 Å². The molecule has 1 amide bonds. The van der Waals surface area contributed by atoms with Crippen LogP contribution in [0.5, 0.6) is 0 Å². The van der Waals surface area contributed by atoms with Crippen LogP contribution in [0, 0.1) is 11.8 Å². The first-order chi connectivity index (χ1) is 9.25. The predicted molar refractivity (Wildman–Crippen MR) is 77.1 cm³/mol. The molecule has 0 aliphatic heterocycles. The van der Waals surface area contributed by atoms with Crippen LogP contribution in [-0.2, 0) is 0 Å². The van der Waals surface area contributed by atoms with Gasteiger partial charge in [-0.25, -0.2) is 0 Å². The van der Waals surface area contributed by atoms with E-state index >= 15 is 0 Å². The Balaban J connectivity index is 1.70. The molecular weight excluding hydrogens is 236 g/mol. The number of carbonyl (C=O) groups excluding carboxylic acids is 1. The van der Waals surface area contributed by atoms with Gasteiger partial charge in [-0.1, -0.05) is 38.0 Å². The normalized spacial score (nSPS) is 22.8. The van der Waals surface area contributed by atoms with E-state index < -0.39 is 0 Å². The minimum Gasteiger partial charge on any atom is -0.360 e. The number of aromatic amines is 1. The Morgan fingerprint density at radius 1 is 1.37 bits per heavy atom. The summed E-state index contributed by atoms with van der Waals surface area (Å²) in [4.78, 5) is 15.4. The second-order valence-electron chi connectivity index (χ2n) is 5.63. The van der Waals surface area contributed by atoms with Gasteiger partial charge >= 0.3 is 0 Å². The van der Waals surface area contributed by atoms with Gasteiger partial charge in [0, 0.05) is 23.6 Å². The van der Waals surface area contributed by atoms with Crippen LogP contribution in [0.25, 0.3) is 10.9 Å². The Hall–Kier alpha value is -1.77. The number of aromatic nitrogens is 1. The first-order valence-electron chi connectivity index (χ1n) is 7.10. The lowest BCUT2D eigenvalue weighted by Gasteiger charge is -2.15. The molecule has 1 fully saturated rings. The van der Waals surface area contributed by atoms with Gasteiger partial charge < -0.3 is 10.3 Å². The van der Waals surface area contributed by atoms with Gasteiger partial charge in [-0.15, -0.1) is 0 Å². The Kier molecular flexibility index (Phi) is 3.28. The van der Waals surface area contributed by atoms with Crippen molar-refractivity contribution >= 4 is 16.8 Å². The van der Waals surface area contributed by atoms with Gasteiger partial charge in [0.2, 0.25) is 0 Å². The number of fused-ring (bicyclic) bond motifs is 1. The number of hydrogen-bond acceptors (Lipinski definition) is 1. The Morgan fingerprint density at radius 2 is 2.21 bits per heavy atom. The lowest BCUT2D eigenvalue weighted by atomic mass is 9.98. The van der Waals surface area contributed by atoms with Crippen LogP contribution >= 0.6 is 0 Å². The zero-order chi connectivity index (χ0) is 13.2. The van der Waals surface area contributed by atoms with E-state index in [1.54, 1.807) is 6.20 Å². The van der Waals surface area contributed by atoms with Crippen molar-refractivity contribution in [2.75, 3.05) is 6.54 Å². The third-order valence-electron chi connectivity index (χ3n) is 4.40. The molecule has 1 heterocycles. The highest BCUT2D eigenvalue weighted by atomic mass is 16.1. The molecule has 0 saturated heterocycles. The summed E-state index contributed by atoms with van der Waals surface area (Å²) in [6.07, 6.45) is 5.65. The van der Waals surface area contributed by atoms with Crippen LogP contribution in [0.15, 0.2) is 30.5 Å². The first kappa shape index (κ1) is 12.3. The number of amides is 1. The van der Waals surface area contributed by atoms with Crippen molar-refractivity contribution in [2.45, 2.75) is 26.2 Å². The highest BCUT2D eigenvalue weighted by Gasteiger charge is 2.24. The van der Waals surface area contributed by atoms with Crippen LogP contribution in [0.4, 0.5) is 0 Å². The quantitative estimate of drug-likeness (QED) is 0.869. The van der Waals surface area contributed by atoms with Gasteiger partial charge in [0.1, 0.15) is 0 Å². The molecule has 19 heavy (non-hydrogen) atoms. The van der Waals surface area contributed by atoms with Gasteiger partial charge in [0.25, 0.3) is 5.91 Å². The minimum absolute atomic E-state index is 0.0385. The highest BCUT2D eigenvalue weighted by Crippen LogP contribution is 2.30. The summed E-state index contributed by atoms with van der Waals surface area (Å²) in [5.41, 5.74) is 1.77. The molecule has 3 heteroatoms. The zero-order valence-electron chi connectivity index (χ0n) is 11.3. The average Bonchev–Trinajstić information content (AvgIpc) is 3.02. The second-order valence-corrected chi connectivity index (χ2v) is 5.63. The van der Waals surface area contributed by atoms with E-state index in [0.29, 0.717) is 5.92 Å². The van der Waals surface area contributed by atoms with E-state index in [0.717, 1.165) is 28.9 Å². The summed E-state index contributed by atoms with van der Waals surface area (Å²) in [6.45, 7) is 3.09. The Morgan fingerprint density at radius 3 is 3.00 bits per heavy atom. The summed E-state index contributed by atoms with van der Waals surface area (Å²) in [5.74, 6) is 1.42. The SMILES string of the molecule is CC1CCCC1CNC(=O)c1c[nH]c2ccccc12. The van der Waals surface area contributed by atoms with Crippen molar-refractivity contribution in [1.29, 1.82) is 0 Å². The number of para-hydroxylation sites is 1. The number of nitrogens with one attached hydrogen (secondary N) is 2. The van der Waals surface area contributed by atoms with Crippen molar-refractivity contribution in [3.8, 4) is 0 Å². The first-order valence-corrected chi connectivity index (χ1v) is 7.10. The molecule has 1 aromatic heterocycles. The molecule has 0 radical (unpaired) electrons. The highest BCUT2D eigenvalue weighted by molar-refractivity contribution is 6.06. The van der Waals surface area contributed by atoms with Crippen LogP contribution < -0.4 is 5.32 Å². The number of benzene rings is 1. The van der Waals surface area contributed by atoms with E-state index in [4.69, 9.17) is 0 Å². The van der Waals surface area contributed by atoms with Crippen molar-refractivity contribution < 1.29 is 4.79 Å². The number of H-pyrrole nitrogens is 1. The molecule has 2 aromatic rings. The molecule has 0 bridgehead atoms. The second kappa shape index (κ2) is 5.08. The maximum atomic E-state index is 12.3. The van der Waals surface area contributed by atoms with Crippen LogP contribution in [0.3, 0.4) is 0 Å². The van der Waals surface area contributed by atoms with Crippen molar-refractivity contribution in [2.24, 2.45) is 11.8 Å². The van der Waals surface area contributed by atoms with Gasteiger partial charge in [-0.3, -0.25) is 4.79 Å². The smallest absolute Gasteiger partial charge is 0.253 e. The van der Waals surface area contributed by atoms with Crippen LogP contribution in [0.2, 0.25) is 0 Å². The molecule has 1 aromatic carbocycles. The maximum absolute atomic E-state index is 12.3. The molecular formula is C16H20N2O. The molecule has 3 nitrogen and oxygen atoms in total. The standard InChI is InChI=1S/C16H20N2O/c1-11-5-4-6-12(11)9-18-16(19)14-10-17-15-8-3-2-7-13(14)15/h2-3,7-8,10-12,17H,4-6,9H2,1H3,(H,18,19). The summed E-state index contributed by atoms with van der Waals surface area (Å²) in [6, 6.07) is 7.91. The largest absolute Gasteiger partial charge is 0.360 e. The van der Waals surface area contributed by atoms with Gasteiger partial charge in [-0.2, -0.15) is 0 Å². The molecule has 2 atom stereocenters. The van der Waals surface area contributed by atoms with E-state index in [2.05, 4.69) is 17.2 Å². The fourth-order valence-electron chi connectivity index (χ4n) is 3.10. The Labute approximate surface area is 113 Å².